The van der Waals surface area contributed by atoms with Crippen LogP contribution in [0.15, 0.2) is 48.5 Å². The molecule has 0 amide bonds. The van der Waals surface area contributed by atoms with Gasteiger partial charge in [0.2, 0.25) is 11.9 Å². The second-order valence-electron chi connectivity index (χ2n) is 5.90. The Morgan fingerprint density at radius 3 is 2.61 bits per heavy atom. The third-order valence-electron chi connectivity index (χ3n) is 3.92. The Labute approximate surface area is 161 Å². The second kappa shape index (κ2) is 7.63. The van der Waals surface area contributed by atoms with Crippen molar-refractivity contribution in [3.05, 3.63) is 59.9 Å². The fourth-order valence-electron chi connectivity index (χ4n) is 2.68. The van der Waals surface area contributed by atoms with Crippen LogP contribution in [0, 0.1) is 11.3 Å². The molecule has 138 valence electrons. The summed E-state index contributed by atoms with van der Waals surface area (Å²) in [6.45, 7) is 1.01. The summed E-state index contributed by atoms with van der Waals surface area (Å²) in [5.41, 5.74) is 7.63. The summed E-state index contributed by atoms with van der Waals surface area (Å²) in [6, 6.07) is 17.0. The van der Waals surface area contributed by atoms with Crippen LogP contribution >= 0.6 is 0 Å². The van der Waals surface area contributed by atoms with Crippen molar-refractivity contribution in [2.24, 2.45) is 0 Å². The Morgan fingerprint density at radius 1 is 1.04 bits per heavy atom. The third-order valence-corrected chi connectivity index (χ3v) is 3.92. The van der Waals surface area contributed by atoms with Crippen molar-refractivity contribution in [3.8, 4) is 17.6 Å². The number of nitrogens with one attached hydrogen (secondary N) is 1. The van der Waals surface area contributed by atoms with E-state index in [1.807, 2.05) is 36.4 Å². The molecule has 0 fully saturated rings. The molecule has 0 aliphatic carbocycles. The van der Waals surface area contributed by atoms with Gasteiger partial charge in [0, 0.05) is 5.69 Å². The lowest BCUT2D eigenvalue weighted by Gasteiger charge is -2.18. The molecule has 0 bridgehead atoms. The van der Waals surface area contributed by atoms with Crippen molar-refractivity contribution in [2.75, 3.05) is 24.3 Å². The highest BCUT2D eigenvalue weighted by Gasteiger charge is 2.13. The van der Waals surface area contributed by atoms with E-state index in [2.05, 4.69) is 26.3 Å². The molecule has 3 aromatic rings. The lowest BCUT2D eigenvalue weighted by molar-refractivity contribution is 0.171. The highest BCUT2D eigenvalue weighted by atomic mass is 16.6. The smallest absolute Gasteiger partial charge is 0.232 e. The number of ether oxygens (including phenoxy) is 2. The van der Waals surface area contributed by atoms with Crippen LogP contribution < -0.4 is 20.5 Å². The molecule has 0 unspecified atom stereocenters. The first-order valence-electron chi connectivity index (χ1n) is 8.57. The van der Waals surface area contributed by atoms with E-state index in [0.717, 1.165) is 11.3 Å². The van der Waals surface area contributed by atoms with Gasteiger partial charge in [-0.3, -0.25) is 0 Å². The van der Waals surface area contributed by atoms with Gasteiger partial charge in [0.15, 0.2) is 17.3 Å². The predicted molar refractivity (Wildman–Crippen MR) is 105 cm³/mol. The van der Waals surface area contributed by atoms with Gasteiger partial charge in [-0.1, -0.05) is 24.3 Å². The highest BCUT2D eigenvalue weighted by molar-refractivity contribution is 5.87. The number of para-hydroxylation sites is 1. The summed E-state index contributed by atoms with van der Waals surface area (Å²) in [4.78, 5) is 12.5. The minimum atomic E-state index is 0.0201. The van der Waals surface area contributed by atoms with Crippen molar-refractivity contribution >= 4 is 29.2 Å². The number of allylic oxidation sites excluding steroid dienone is 1. The first kappa shape index (κ1) is 17.3. The molecule has 28 heavy (non-hydrogen) atoms. The maximum atomic E-state index is 9.61. The number of nitriles is 1. The molecule has 8 heteroatoms. The van der Waals surface area contributed by atoms with E-state index in [1.165, 1.54) is 0 Å². The molecular weight excluding hydrogens is 356 g/mol. The SMILES string of the molecule is N#CC(=Cc1ccc2c(c1)OCCO2)c1nc(N)nc(Nc2ccccc2)n1. The van der Waals surface area contributed by atoms with E-state index in [1.54, 1.807) is 18.2 Å². The fraction of sp³-hybridized carbons (Fsp3) is 0.100. The van der Waals surface area contributed by atoms with Crippen LogP contribution in [0.25, 0.3) is 11.6 Å². The molecule has 0 radical (unpaired) electrons. The lowest BCUT2D eigenvalue weighted by Crippen LogP contribution is -2.15. The quantitative estimate of drug-likeness (QED) is 0.671. The van der Waals surface area contributed by atoms with E-state index in [0.29, 0.717) is 24.7 Å². The summed E-state index contributed by atoms with van der Waals surface area (Å²) >= 11 is 0. The highest BCUT2D eigenvalue weighted by Crippen LogP contribution is 2.32. The zero-order valence-electron chi connectivity index (χ0n) is 14.8. The van der Waals surface area contributed by atoms with Crippen LogP contribution in [0.5, 0.6) is 11.5 Å². The van der Waals surface area contributed by atoms with Crippen molar-refractivity contribution in [3.63, 3.8) is 0 Å². The van der Waals surface area contributed by atoms with Crippen molar-refractivity contribution in [1.82, 2.24) is 15.0 Å². The number of nitrogens with zero attached hydrogens (tertiary/aromatic N) is 4. The minimum absolute atomic E-state index is 0.0201. The summed E-state index contributed by atoms with van der Waals surface area (Å²) < 4.78 is 11.1. The monoisotopic (exact) mass is 372 g/mol. The normalized spacial score (nSPS) is 12.9. The number of hydrogen-bond donors (Lipinski definition) is 2. The first-order chi connectivity index (χ1) is 13.7. The van der Waals surface area contributed by atoms with Crippen LogP contribution in [0.4, 0.5) is 17.6 Å². The molecular formula is C20H16N6O2. The average Bonchev–Trinajstić information content (AvgIpc) is 2.72. The molecule has 1 aliphatic heterocycles. The summed E-state index contributed by atoms with van der Waals surface area (Å²) in [7, 11) is 0. The van der Waals surface area contributed by atoms with E-state index in [4.69, 9.17) is 15.2 Å². The van der Waals surface area contributed by atoms with E-state index < -0.39 is 0 Å². The summed E-state index contributed by atoms with van der Waals surface area (Å²) in [5, 5.41) is 12.7. The molecule has 2 heterocycles. The Hall–Kier alpha value is -4.12. The lowest BCUT2D eigenvalue weighted by atomic mass is 10.1. The molecule has 3 N–H and O–H groups in total. The Morgan fingerprint density at radius 2 is 1.82 bits per heavy atom. The van der Waals surface area contributed by atoms with Gasteiger partial charge in [0.25, 0.3) is 0 Å². The predicted octanol–water partition coefficient (Wildman–Crippen LogP) is 3.03. The number of benzene rings is 2. The number of anilines is 3. The largest absolute Gasteiger partial charge is 0.486 e. The number of nitrogens with two attached hydrogens (primary N) is 1. The average molecular weight is 372 g/mol. The van der Waals surface area contributed by atoms with Gasteiger partial charge >= 0.3 is 0 Å². The number of fused-ring (bicyclic) bond motifs is 1. The summed E-state index contributed by atoms with van der Waals surface area (Å²) in [6.07, 6.45) is 1.67. The van der Waals surface area contributed by atoms with E-state index in [9.17, 15) is 5.26 Å². The number of aromatic nitrogens is 3. The van der Waals surface area contributed by atoms with Gasteiger partial charge in [-0.05, 0) is 35.9 Å². The zero-order chi connectivity index (χ0) is 19.3. The van der Waals surface area contributed by atoms with E-state index in [-0.39, 0.29) is 23.3 Å². The Bertz CT molecular complexity index is 1080. The molecule has 1 aromatic heterocycles. The van der Waals surface area contributed by atoms with Gasteiger partial charge in [-0.15, -0.1) is 0 Å². The van der Waals surface area contributed by atoms with Gasteiger partial charge in [-0.2, -0.15) is 20.2 Å². The summed E-state index contributed by atoms with van der Waals surface area (Å²) in [5.74, 6) is 1.78. The van der Waals surface area contributed by atoms with Gasteiger partial charge in [-0.25, -0.2) is 0 Å². The van der Waals surface area contributed by atoms with Gasteiger partial charge < -0.3 is 20.5 Å². The third kappa shape index (κ3) is 3.83. The number of nitrogen functional groups attached to an aromatic ring is 1. The van der Waals surface area contributed by atoms with Crippen LogP contribution in [-0.4, -0.2) is 28.2 Å². The number of hydrogen-bond acceptors (Lipinski definition) is 8. The number of rotatable bonds is 4. The molecule has 4 rings (SSSR count). The van der Waals surface area contributed by atoms with Crippen LogP contribution in [-0.2, 0) is 0 Å². The molecule has 2 aromatic carbocycles. The zero-order valence-corrected chi connectivity index (χ0v) is 14.8. The molecule has 0 spiro atoms. The maximum absolute atomic E-state index is 9.61. The van der Waals surface area contributed by atoms with Crippen molar-refractivity contribution in [1.29, 1.82) is 5.26 Å². The van der Waals surface area contributed by atoms with Crippen LogP contribution in [0.3, 0.4) is 0 Å². The Balaban J connectivity index is 1.66. The molecule has 0 saturated carbocycles. The van der Waals surface area contributed by atoms with Crippen molar-refractivity contribution < 1.29 is 9.47 Å². The molecule has 8 nitrogen and oxygen atoms in total. The van der Waals surface area contributed by atoms with Gasteiger partial charge in [0.1, 0.15) is 19.3 Å². The second-order valence-corrected chi connectivity index (χ2v) is 5.90. The maximum Gasteiger partial charge on any atom is 0.232 e. The van der Waals surface area contributed by atoms with Crippen molar-refractivity contribution in [2.45, 2.75) is 0 Å². The standard InChI is InChI=1S/C20H16N6O2/c21-12-14(10-13-6-7-16-17(11-13)28-9-8-27-16)18-24-19(22)26-20(25-18)23-15-4-2-1-3-5-15/h1-7,10-11H,8-9H2,(H3,22,23,24,25,26). The van der Waals surface area contributed by atoms with E-state index >= 15 is 0 Å². The van der Waals surface area contributed by atoms with Crippen LogP contribution in [0.2, 0.25) is 0 Å². The van der Waals surface area contributed by atoms with Gasteiger partial charge in [0.05, 0.1) is 5.57 Å². The molecule has 0 atom stereocenters. The van der Waals surface area contributed by atoms with Crippen LogP contribution in [0.1, 0.15) is 11.4 Å². The molecule has 1 aliphatic rings. The fourth-order valence-corrected chi connectivity index (χ4v) is 2.68. The Kier molecular flexibility index (Phi) is 4.72. The molecule has 0 saturated heterocycles. The first-order valence-corrected chi connectivity index (χ1v) is 8.57. The minimum Gasteiger partial charge on any atom is -0.486 e. The topological polar surface area (TPSA) is 119 Å².